The summed E-state index contributed by atoms with van der Waals surface area (Å²) in [6, 6.07) is 7.09. The molecule has 1 heterocycles. The number of aryl methyl sites for hydroxylation is 1. The first kappa shape index (κ1) is 15.4. The fourth-order valence-corrected chi connectivity index (χ4v) is 3.83. The summed E-state index contributed by atoms with van der Waals surface area (Å²) >= 11 is 0. The predicted molar refractivity (Wildman–Crippen MR) is 74.7 cm³/mol. The zero-order chi connectivity index (χ0) is 12.5. The van der Waals surface area contributed by atoms with Crippen LogP contribution in [0.5, 0.6) is 0 Å². The molecule has 1 aromatic carbocycles. The van der Waals surface area contributed by atoms with Crippen LogP contribution in [0.15, 0.2) is 29.2 Å². The highest BCUT2D eigenvalue weighted by Gasteiger charge is 2.30. The van der Waals surface area contributed by atoms with Crippen LogP contribution >= 0.6 is 12.4 Å². The van der Waals surface area contributed by atoms with Gasteiger partial charge in [0.15, 0.2) is 0 Å². The molecule has 1 atom stereocenters. The van der Waals surface area contributed by atoms with Crippen LogP contribution in [0.3, 0.4) is 0 Å². The maximum absolute atomic E-state index is 12.4. The van der Waals surface area contributed by atoms with E-state index in [1.807, 2.05) is 19.9 Å². The average Bonchev–Trinajstić information content (AvgIpc) is 2.29. The first-order chi connectivity index (χ1) is 8.01. The van der Waals surface area contributed by atoms with E-state index in [9.17, 15) is 8.42 Å². The molecule has 1 fully saturated rings. The summed E-state index contributed by atoms with van der Waals surface area (Å²) in [4.78, 5) is 0.395. The maximum atomic E-state index is 12.4. The Hall–Kier alpha value is -0.620. The molecule has 6 heteroatoms. The molecule has 1 N–H and O–H groups in total. The lowest BCUT2D eigenvalue weighted by atomic mass is 10.2. The second-order valence-corrected chi connectivity index (χ2v) is 6.38. The summed E-state index contributed by atoms with van der Waals surface area (Å²) in [5.41, 5.74) is 0.967. The molecule has 0 spiro atoms. The van der Waals surface area contributed by atoms with E-state index >= 15 is 0 Å². The summed E-state index contributed by atoms with van der Waals surface area (Å²) < 4.78 is 26.5. The number of sulfonamides is 1. The Kier molecular flexibility index (Phi) is 5.16. The highest BCUT2D eigenvalue weighted by atomic mass is 35.5. The number of piperazine rings is 1. The van der Waals surface area contributed by atoms with Gasteiger partial charge in [-0.1, -0.05) is 12.1 Å². The van der Waals surface area contributed by atoms with E-state index in [0.717, 1.165) is 12.1 Å². The molecule has 0 saturated carbocycles. The van der Waals surface area contributed by atoms with Gasteiger partial charge >= 0.3 is 0 Å². The molecule has 0 radical (unpaired) electrons. The highest BCUT2D eigenvalue weighted by molar-refractivity contribution is 7.89. The Balaban J connectivity index is 0.00000162. The number of benzene rings is 1. The largest absolute Gasteiger partial charge is 0.314 e. The normalized spacial score (nSPS) is 21.3. The van der Waals surface area contributed by atoms with Gasteiger partial charge in [0.05, 0.1) is 4.90 Å². The smallest absolute Gasteiger partial charge is 0.243 e. The molecule has 102 valence electrons. The number of nitrogens with one attached hydrogen (secondary N) is 1. The van der Waals surface area contributed by atoms with Gasteiger partial charge in [-0.25, -0.2) is 8.42 Å². The van der Waals surface area contributed by atoms with Crippen LogP contribution in [0.25, 0.3) is 0 Å². The minimum absolute atomic E-state index is 0. The summed E-state index contributed by atoms with van der Waals surface area (Å²) in [5.74, 6) is 0. The molecular weight excluding hydrogens is 272 g/mol. The van der Waals surface area contributed by atoms with Crippen LogP contribution in [0.2, 0.25) is 0 Å². The van der Waals surface area contributed by atoms with Crippen LogP contribution in [0.1, 0.15) is 12.5 Å². The predicted octanol–water partition coefficient (Wildman–Crippen LogP) is 1.40. The van der Waals surface area contributed by atoms with Gasteiger partial charge in [0.1, 0.15) is 0 Å². The first-order valence-electron chi connectivity index (χ1n) is 5.81. The van der Waals surface area contributed by atoms with Crippen LogP contribution in [-0.2, 0) is 10.0 Å². The van der Waals surface area contributed by atoms with E-state index in [1.165, 1.54) is 0 Å². The summed E-state index contributed by atoms with van der Waals surface area (Å²) in [6.07, 6.45) is 0. The standard InChI is InChI=1S/C12H18N2O2S.ClH/c1-10-4-3-5-12(8-10)17(15,16)14-7-6-13-9-11(14)2;/h3-5,8,11,13H,6-7,9H2,1-2H3;1H. The Labute approximate surface area is 115 Å². The third-order valence-electron chi connectivity index (χ3n) is 3.04. The zero-order valence-corrected chi connectivity index (χ0v) is 12.2. The lowest BCUT2D eigenvalue weighted by Crippen LogP contribution is -2.52. The van der Waals surface area contributed by atoms with E-state index in [-0.39, 0.29) is 18.4 Å². The molecule has 18 heavy (non-hydrogen) atoms. The monoisotopic (exact) mass is 290 g/mol. The number of hydrogen-bond donors (Lipinski definition) is 1. The number of nitrogens with zero attached hydrogens (tertiary/aromatic N) is 1. The minimum atomic E-state index is -3.34. The van der Waals surface area contributed by atoms with E-state index in [2.05, 4.69) is 5.32 Å². The Morgan fingerprint density at radius 1 is 1.39 bits per heavy atom. The Morgan fingerprint density at radius 2 is 2.11 bits per heavy atom. The van der Waals surface area contributed by atoms with E-state index < -0.39 is 10.0 Å². The minimum Gasteiger partial charge on any atom is -0.314 e. The summed E-state index contributed by atoms with van der Waals surface area (Å²) in [5, 5.41) is 3.19. The maximum Gasteiger partial charge on any atom is 0.243 e. The molecular formula is C12H19ClN2O2S. The molecule has 1 unspecified atom stereocenters. The van der Waals surface area contributed by atoms with Gasteiger partial charge in [0.25, 0.3) is 0 Å². The lowest BCUT2D eigenvalue weighted by molar-refractivity contribution is 0.284. The molecule has 0 aromatic heterocycles. The van der Waals surface area contributed by atoms with E-state index in [1.54, 1.807) is 22.5 Å². The van der Waals surface area contributed by atoms with Gasteiger partial charge in [-0.05, 0) is 31.5 Å². The van der Waals surface area contributed by atoms with E-state index in [0.29, 0.717) is 18.0 Å². The molecule has 1 aliphatic rings. The lowest BCUT2D eigenvalue weighted by Gasteiger charge is -2.32. The number of hydrogen-bond acceptors (Lipinski definition) is 3. The Bertz CT molecular complexity index is 505. The van der Waals surface area contributed by atoms with E-state index in [4.69, 9.17) is 0 Å². The van der Waals surface area contributed by atoms with Crippen LogP contribution in [-0.4, -0.2) is 38.4 Å². The van der Waals surface area contributed by atoms with Crippen molar-refractivity contribution in [3.63, 3.8) is 0 Å². The highest BCUT2D eigenvalue weighted by Crippen LogP contribution is 2.19. The van der Waals surface area contributed by atoms with Crippen molar-refractivity contribution >= 4 is 22.4 Å². The van der Waals surface area contributed by atoms with Crippen molar-refractivity contribution in [1.82, 2.24) is 9.62 Å². The summed E-state index contributed by atoms with van der Waals surface area (Å²) in [6.45, 7) is 5.80. The van der Waals surface area contributed by atoms with Crippen molar-refractivity contribution in [2.24, 2.45) is 0 Å². The van der Waals surface area contributed by atoms with Crippen molar-refractivity contribution in [2.45, 2.75) is 24.8 Å². The van der Waals surface area contributed by atoms with Crippen LogP contribution in [0.4, 0.5) is 0 Å². The van der Waals surface area contributed by atoms with Gasteiger partial charge in [0, 0.05) is 25.7 Å². The van der Waals surface area contributed by atoms with Crippen LogP contribution in [0, 0.1) is 6.92 Å². The second-order valence-electron chi connectivity index (χ2n) is 4.49. The molecule has 0 bridgehead atoms. The number of rotatable bonds is 2. The second kappa shape index (κ2) is 6.02. The van der Waals surface area contributed by atoms with Crippen LogP contribution < -0.4 is 5.32 Å². The molecule has 0 amide bonds. The Morgan fingerprint density at radius 3 is 2.72 bits per heavy atom. The quantitative estimate of drug-likeness (QED) is 0.896. The first-order valence-corrected chi connectivity index (χ1v) is 7.25. The van der Waals surface area contributed by atoms with Gasteiger partial charge in [-0.15, -0.1) is 12.4 Å². The van der Waals surface area contributed by atoms with Gasteiger partial charge in [-0.2, -0.15) is 4.31 Å². The van der Waals surface area contributed by atoms with Gasteiger partial charge in [0.2, 0.25) is 10.0 Å². The van der Waals surface area contributed by atoms with Gasteiger partial charge in [-0.3, -0.25) is 0 Å². The van der Waals surface area contributed by atoms with Crippen molar-refractivity contribution in [2.75, 3.05) is 19.6 Å². The fourth-order valence-electron chi connectivity index (χ4n) is 2.09. The summed E-state index contributed by atoms with van der Waals surface area (Å²) in [7, 11) is -3.34. The van der Waals surface area contributed by atoms with Crippen molar-refractivity contribution in [3.8, 4) is 0 Å². The molecule has 0 aliphatic carbocycles. The number of halogens is 1. The SMILES string of the molecule is Cc1cccc(S(=O)(=O)N2CCNCC2C)c1.Cl. The van der Waals surface area contributed by atoms with Crippen molar-refractivity contribution in [1.29, 1.82) is 0 Å². The molecule has 1 saturated heterocycles. The molecule has 1 aromatic rings. The van der Waals surface area contributed by atoms with Crippen molar-refractivity contribution in [3.05, 3.63) is 29.8 Å². The average molecular weight is 291 g/mol. The third-order valence-corrected chi connectivity index (χ3v) is 5.05. The molecule has 1 aliphatic heterocycles. The fraction of sp³-hybridized carbons (Fsp3) is 0.500. The topological polar surface area (TPSA) is 49.4 Å². The van der Waals surface area contributed by atoms with Gasteiger partial charge < -0.3 is 5.32 Å². The van der Waals surface area contributed by atoms with Crippen molar-refractivity contribution < 1.29 is 8.42 Å². The molecule has 4 nitrogen and oxygen atoms in total. The third kappa shape index (κ3) is 3.03. The zero-order valence-electron chi connectivity index (χ0n) is 10.6. The molecule has 2 rings (SSSR count).